The van der Waals surface area contributed by atoms with Gasteiger partial charge in [-0.25, -0.2) is 9.37 Å². The maximum Gasteiger partial charge on any atom is 0.203 e. The molecule has 0 radical (unpaired) electrons. The summed E-state index contributed by atoms with van der Waals surface area (Å²) in [5.74, 6) is -0.231. The molecule has 0 saturated carbocycles. The maximum atomic E-state index is 13.0. The Morgan fingerprint density at radius 2 is 1.91 bits per heavy atom. The normalized spacial score (nSPS) is 25.9. The van der Waals surface area contributed by atoms with Gasteiger partial charge in [0.15, 0.2) is 0 Å². The zero-order valence-electron chi connectivity index (χ0n) is 13.0. The average Bonchev–Trinajstić information content (AvgIpc) is 3.08. The van der Waals surface area contributed by atoms with Gasteiger partial charge in [0.25, 0.3) is 0 Å². The van der Waals surface area contributed by atoms with Crippen molar-refractivity contribution in [3.05, 3.63) is 35.5 Å². The first-order chi connectivity index (χ1) is 11.2. The Balaban J connectivity index is 1.44. The number of hydrogen-bond donors (Lipinski definition) is 1. The van der Waals surface area contributed by atoms with Gasteiger partial charge >= 0.3 is 0 Å². The molecule has 0 aliphatic carbocycles. The number of anilines is 1. The molecule has 0 amide bonds. The van der Waals surface area contributed by atoms with E-state index < -0.39 is 0 Å². The summed E-state index contributed by atoms with van der Waals surface area (Å²) in [4.78, 5) is 7.03. The number of hydrogen-bond acceptors (Lipinski definition) is 5. The van der Waals surface area contributed by atoms with Gasteiger partial charge in [0.2, 0.25) is 5.13 Å². The smallest absolute Gasteiger partial charge is 0.203 e. The van der Waals surface area contributed by atoms with Crippen LogP contribution in [0.3, 0.4) is 0 Å². The lowest BCUT2D eigenvalue weighted by Crippen LogP contribution is -2.40. The van der Waals surface area contributed by atoms with Crippen LogP contribution in [0.1, 0.15) is 25.7 Å². The molecule has 0 unspecified atom stereocenters. The number of nitrogens with one attached hydrogen (secondary N) is 1. The molecule has 2 aromatic rings. The van der Waals surface area contributed by atoms with Gasteiger partial charge in [0.1, 0.15) is 5.82 Å². The van der Waals surface area contributed by atoms with E-state index in [1.54, 1.807) is 12.1 Å². The Morgan fingerprint density at radius 1 is 1.22 bits per heavy atom. The predicted molar refractivity (Wildman–Crippen MR) is 92.4 cm³/mol. The Morgan fingerprint density at radius 3 is 2.61 bits per heavy atom. The third-order valence-electron chi connectivity index (χ3n) is 4.88. The molecule has 2 bridgehead atoms. The number of rotatable bonds is 3. The van der Waals surface area contributed by atoms with Crippen LogP contribution < -0.4 is 5.43 Å². The van der Waals surface area contributed by atoms with Gasteiger partial charge < -0.3 is 0 Å². The van der Waals surface area contributed by atoms with E-state index >= 15 is 0 Å². The third kappa shape index (κ3) is 3.01. The highest BCUT2D eigenvalue weighted by molar-refractivity contribution is 7.14. The minimum Gasteiger partial charge on any atom is -0.300 e. The fraction of sp³-hybridized carbons (Fsp3) is 0.412. The second-order valence-corrected chi connectivity index (χ2v) is 7.15. The molecule has 2 saturated heterocycles. The highest BCUT2D eigenvalue weighted by atomic mass is 32.1. The molecule has 1 aromatic heterocycles. The van der Waals surface area contributed by atoms with Crippen LogP contribution in [-0.4, -0.2) is 34.7 Å². The molecule has 4 nitrogen and oxygen atoms in total. The van der Waals surface area contributed by atoms with Gasteiger partial charge in [-0.3, -0.25) is 10.3 Å². The molecule has 2 aliphatic heterocycles. The number of piperidine rings is 1. The van der Waals surface area contributed by atoms with Crippen LogP contribution in [0, 0.1) is 5.82 Å². The van der Waals surface area contributed by atoms with E-state index in [0.717, 1.165) is 29.2 Å². The van der Waals surface area contributed by atoms with Gasteiger partial charge in [-0.15, -0.1) is 11.3 Å². The van der Waals surface area contributed by atoms with E-state index in [1.807, 2.05) is 5.38 Å². The van der Waals surface area contributed by atoms with Gasteiger partial charge in [-0.05, 0) is 44.2 Å². The van der Waals surface area contributed by atoms with Crippen LogP contribution >= 0.6 is 11.3 Å². The highest BCUT2D eigenvalue weighted by Crippen LogP contribution is 2.33. The van der Waals surface area contributed by atoms with E-state index in [0.29, 0.717) is 12.1 Å². The van der Waals surface area contributed by atoms with E-state index in [2.05, 4.69) is 27.5 Å². The Kier molecular flexibility index (Phi) is 3.87. The quantitative estimate of drug-likeness (QED) is 0.866. The molecular formula is C17H19FN4S. The molecule has 1 aromatic carbocycles. The lowest BCUT2D eigenvalue weighted by atomic mass is 10.0. The summed E-state index contributed by atoms with van der Waals surface area (Å²) in [6, 6.07) is 7.71. The SMILES string of the molecule is CN1[C@@H]2CC[C@H]1CC(=NNc1nc(-c3ccc(F)cc3)cs1)C2. The molecule has 23 heavy (non-hydrogen) atoms. The summed E-state index contributed by atoms with van der Waals surface area (Å²) in [5.41, 5.74) is 6.11. The van der Waals surface area contributed by atoms with Crippen LogP contribution in [0.15, 0.2) is 34.7 Å². The van der Waals surface area contributed by atoms with Crippen molar-refractivity contribution in [1.29, 1.82) is 0 Å². The molecule has 0 spiro atoms. The van der Waals surface area contributed by atoms with Gasteiger partial charge in [0.05, 0.1) is 5.69 Å². The van der Waals surface area contributed by atoms with Crippen molar-refractivity contribution in [2.24, 2.45) is 5.10 Å². The van der Waals surface area contributed by atoms with Crippen molar-refractivity contribution >= 4 is 22.2 Å². The van der Waals surface area contributed by atoms with Crippen LogP contribution in [0.5, 0.6) is 0 Å². The topological polar surface area (TPSA) is 40.5 Å². The van der Waals surface area contributed by atoms with Crippen molar-refractivity contribution in [3.8, 4) is 11.3 Å². The summed E-state index contributed by atoms with van der Waals surface area (Å²) in [6.45, 7) is 0. The van der Waals surface area contributed by atoms with Gasteiger partial charge in [-0.2, -0.15) is 5.10 Å². The summed E-state index contributed by atoms with van der Waals surface area (Å²) in [6.07, 6.45) is 4.67. The second kappa shape index (κ2) is 6.02. The molecule has 2 aliphatic rings. The van der Waals surface area contributed by atoms with Crippen LogP contribution in [0.25, 0.3) is 11.3 Å². The number of fused-ring (bicyclic) bond motifs is 2. The van der Waals surface area contributed by atoms with Crippen molar-refractivity contribution < 1.29 is 4.39 Å². The van der Waals surface area contributed by atoms with E-state index in [9.17, 15) is 4.39 Å². The van der Waals surface area contributed by atoms with E-state index in [-0.39, 0.29) is 5.82 Å². The number of thiazole rings is 1. The third-order valence-corrected chi connectivity index (χ3v) is 5.63. The monoisotopic (exact) mass is 330 g/mol. The standard InChI is InChI=1S/C17H19FN4S/c1-22-14-6-7-15(22)9-13(8-14)20-21-17-19-16(10-23-17)11-2-4-12(18)5-3-11/h2-5,10,14-15H,6-9H2,1H3,(H,19,21)/t14-,15+. The minimum atomic E-state index is -0.231. The summed E-state index contributed by atoms with van der Waals surface area (Å²) in [5, 5.41) is 7.32. The first kappa shape index (κ1) is 14.8. The Labute approximate surface area is 139 Å². The lowest BCUT2D eigenvalue weighted by molar-refractivity contribution is 0.231. The van der Waals surface area contributed by atoms with Crippen LogP contribution in [0.4, 0.5) is 9.52 Å². The Bertz CT molecular complexity index is 708. The molecule has 2 fully saturated rings. The van der Waals surface area contributed by atoms with Crippen molar-refractivity contribution in [2.45, 2.75) is 37.8 Å². The lowest BCUT2D eigenvalue weighted by Gasteiger charge is -2.31. The molecular weight excluding hydrogens is 311 g/mol. The largest absolute Gasteiger partial charge is 0.300 e. The number of benzene rings is 1. The van der Waals surface area contributed by atoms with Gasteiger partial charge in [0, 0.05) is 41.6 Å². The highest BCUT2D eigenvalue weighted by Gasteiger charge is 2.36. The molecule has 4 rings (SSSR count). The Hall–Kier alpha value is -1.79. The van der Waals surface area contributed by atoms with Crippen LogP contribution in [-0.2, 0) is 0 Å². The molecule has 120 valence electrons. The number of hydrazone groups is 1. The summed E-state index contributed by atoms with van der Waals surface area (Å²) < 4.78 is 13.0. The zero-order valence-corrected chi connectivity index (χ0v) is 13.8. The molecule has 6 heteroatoms. The van der Waals surface area contributed by atoms with Crippen molar-refractivity contribution in [2.75, 3.05) is 12.5 Å². The molecule has 3 heterocycles. The number of aromatic nitrogens is 1. The predicted octanol–water partition coefficient (Wildman–Crippen LogP) is 3.97. The van der Waals surface area contributed by atoms with Crippen molar-refractivity contribution in [3.63, 3.8) is 0 Å². The first-order valence-electron chi connectivity index (χ1n) is 7.94. The first-order valence-corrected chi connectivity index (χ1v) is 8.82. The average molecular weight is 330 g/mol. The fourth-order valence-electron chi connectivity index (χ4n) is 3.51. The van der Waals surface area contributed by atoms with Crippen LogP contribution in [0.2, 0.25) is 0 Å². The summed E-state index contributed by atoms with van der Waals surface area (Å²) >= 11 is 1.52. The fourth-order valence-corrected chi connectivity index (χ4v) is 4.17. The second-order valence-electron chi connectivity index (χ2n) is 6.29. The molecule has 1 N–H and O–H groups in total. The zero-order chi connectivity index (χ0) is 15.8. The molecule has 2 atom stereocenters. The van der Waals surface area contributed by atoms with E-state index in [1.165, 1.54) is 42.0 Å². The van der Waals surface area contributed by atoms with Gasteiger partial charge in [-0.1, -0.05) is 0 Å². The minimum absolute atomic E-state index is 0.231. The number of halogens is 1. The number of nitrogens with zero attached hydrogens (tertiary/aromatic N) is 3. The van der Waals surface area contributed by atoms with E-state index in [4.69, 9.17) is 0 Å². The maximum absolute atomic E-state index is 13.0. The van der Waals surface area contributed by atoms with Crippen molar-refractivity contribution in [1.82, 2.24) is 9.88 Å². The summed E-state index contributed by atoms with van der Waals surface area (Å²) in [7, 11) is 2.22.